The predicted octanol–water partition coefficient (Wildman–Crippen LogP) is 8.41. The zero-order chi connectivity index (χ0) is 104. The maximum atomic E-state index is 14.6. The molecule has 0 atom stereocenters. The van der Waals surface area contributed by atoms with Gasteiger partial charge in [0.1, 0.15) is 13.1 Å². The van der Waals surface area contributed by atoms with Gasteiger partial charge in [0, 0.05) is 49.4 Å². The highest BCUT2D eigenvalue weighted by molar-refractivity contribution is 7.93. The Labute approximate surface area is 530 Å². The minimum Gasteiger partial charge on any atom is -0.493 e. The fraction of sp³-hybridized carbons (Fsp3) is 0.259. The van der Waals surface area contributed by atoms with Crippen LogP contribution >= 0.6 is 0 Å². The lowest BCUT2D eigenvalue weighted by molar-refractivity contribution is 0.192. The normalized spacial score (nSPS) is 24.0. The topological polar surface area (TPSA) is 291 Å². The maximum Gasteiger partial charge on any atom is 0.263 e. The van der Waals surface area contributed by atoms with Crippen LogP contribution in [0.25, 0.3) is 23.3 Å². The SMILES string of the molecule is [2H]OC([2H])([2H])C([2H])([2H])Oc1nc(-c2nc([2H])c([2H])c([2H])n2)nc(N([2H])S(=O)(=O)c2c([2H])c([2H])c(C(C([2H])([2H])[2H])(C([2H])([2H])[2H])C([2H])([2H])[2H])c([2H])c2[2H])c1Oc1c([2H])c([2H])c([2H])c([2H])c1OC([2H])([2H])[2H].[2H]c1nc(-c2nc(NS(=O)(=O)c3c([2H])c([2H])c(C(C([2H])([2H])[2H])(C([2H])([2H])[2H])C([2H])([2H])[2H])c([2H])c3[2H])c(Oc3c([2H])c([2H])c([2H])c([2H])c3OC([2H])([2H])[2H])c(OC([2H])([2H])C([2H])([2H])O)n2)nc([2H])c1[2H]. The van der Waals surface area contributed by atoms with E-state index in [4.69, 9.17) is 105 Å². The van der Waals surface area contributed by atoms with Gasteiger partial charge in [-0.05, 0) is 82.4 Å². The van der Waals surface area contributed by atoms with Crippen LogP contribution in [-0.2, 0) is 30.9 Å². The van der Waals surface area contributed by atoms with E-state index in [1.165, 1.54) is 4.72 Å². The molecule has 24 heteroatoms. The molecular formula is C54H58N10O12S2. The van der Waals surface area contributed by atoms with Gasteiger partial charge in [0.15, 0.2) is 47.7 Å². The van der Waals surface area contributed by atoms with Gasteiger partial charge >= 0.3 is 0 Å². The number of para-hydroxylation sites is 4. The van der Waals surface area contributed by atoms with Gasteiger partial charge < -0.3 is 38.6 Å². The van der Waals surface area contributed by atoms with Crippen molar-refractivity contribution in [3.05, 3.63) is 145 Å². The summed E-state index contributed by atoms with van der Waals surface area (Å²) < 4.78 is 540. The fourth-order valence-electron chi connectivity index (χ4n) is 4.91. The van der Waals surface area contributed by atoms with Crippen molar-refractivity contribution in [2.75, 3.05) is 49.7 Å². The first-order valence-corrected chi connectivity index (χ1v) is 22.3. The molecule has 0 aliphatic heterocycles. The van der Waals surface area contributed by atoms with Crippen LogP contribution in [0.2, 0.25) is 1.41 Å². The number of anilines is 2. The van der Waals surface area contributed by atoms with E-state index in [-0.39, 0.29) is 0 Å². The lowest BCUT2D eigenvalue weighted by Gasteiger charge is -2.20. The molecule has 8 aromatic rings. The van der Waals surface area contributed by atoms with Crippen molar-refractivity contribution in [3.8, 4) is 69.6 Å². The van der Waals surface area contributed by atoms with Crippen LogP contribution in [0.15, 0.2) is 143 Å². The van der Waals surface area contributed by atoms with E-state index < -0.39 is 353 Å². The van der Waals surface area contributed by atoms with Crippen LogP contribution in [0.1, 0.15) is 126 Å². The Morgan fingerprint density at radius 3 is 1.41 bits per heavy atom. The molecular weight excluding hydrogens is 1040 g/mol. The van der Waals surface area contributed by atoms with E-state index in [1.54, 1.807) is 0 Å². The van der Waals surface area contributed by atoms with Gasteiger partial charge in [0.25, 0.3) is 31.8 Å². The fourth-order valence-corrected chi connectivity index (χ4v) is 6.58. The number of methoxy groups -OCH3 is 2. The Morgan fingerprint density at radius 1 is 0.551 bits per heavy atom. The largest absolute Gasteiger partial charge is 0.493 e. The van der Waals surface area contributed by atoms with Gasteiger partial charge in [0.2, 0.25) is 24.6 Å². The molecule has 0 fully saturated rings. The molecule has 0 radical (unpaired) electrons. The number of benzene rings is 4. The lowest BCUT2D eigenvalue weighted by Crippen LogP contribution is -2.17. The standard InChI is InChI=1S/2C27H29N5O6S/c2*1-27(2,3)18-10-12-19(13-11-18)39(34,35)32-23-22(38-21-9-6-5-8-20(21)36-4)26(37-17-16-33)31-25(30-23)24-28-14-7-15-29-24/h2*5-15,33H,16-17H2,1-4H3,(H,30,31,32)/i1D3,2D3,3D3,4D3,5D,6D,7D,8D,9D,10D,11D,12D,13D,14D,15D,16D2,17D2,33D;1D3,2D3,3D3,4D3,5D,6D,7D,8D,9D,10D,11D,12D,13D,14D,15D,16D2,17D2/hD. The second kappa shape index (κ2) is 25.1. The second-order valence-corrected chi connectivity index (χ2v) is 16.4. The minimum atomic E-state index is -6.37. The van der Waals surface area contributed by atoms with E-state index in [2.05, 4.69) is 45.0 Å². The molecule has 0 aliphatic carbocycles. The number of ether oxygens (including phenoxy) is 6. The van der Waals surface area contributed by atoms with Crippen molar-refractivity contribution in [1.82, 2.24) is 39.9 Å². The van der Waals surface area contributed by atoms with Gasteiger partial charge in [-0.3, -0.25) is 9.44 Å². The molecule has 8 rings (SSSR count). The van der Waals surface area contributed by atoms with Crippen LogP contribution in [-0.4, -0.2) is 109 Å². The summed E-state index contributed by atoms with van der Waals surface area (Å²) in [4.78, 5) is 25.1. The number of nitrogens with one attached hydrogen (secondary N) is 2. The average Bonchev–Trinajstić information content (AvgIpc) is 0.691. The highest BCUT2D eigenvalue weighted by Crippen LogP contribution is 2.43. The third-order valence-electron chi connectivity index (χ3n) is 8.08. The van der Waals surface area contributed by atoms with Crippen LogP contribution in [0.4, 0.5) is 11.6 Å². The van der Waals surface area contributed by atoms with Crippen LogP contribution in [0, 0.1) is 0 Å². The summed E-state index contributed by atoms with van der Waals surface area (Å²) in [7, 11) is -19.6. The molecule has 0 spiro atoms. The first-order chi connectivity index (χ1) is 59.9. The van der Waals surface area contributed by atoms with Gasteiger partial charge in [-0.2, -0.15) is 9.97 Å². The summed E-state index contributed by atoms with van der Waals surface area (Å²) in [5.74, 6) is -20.8. The minimum absolute atomic E-state index is 0.924. The number of nitrogens with zero attached hydrogens (tertiary/aromatic N) is 8. The second-order valence-electron chi connectivity index (χ2n) is 13.3. The lowest BCUT2D eigenvalue weighted by atomic mass is 9.87. The van der Waals surface area contributed by atoms with E-state index in [9.17, 15) is 21.9 Å². The predicted molar refractivity (Wildman–Crippen MR) is 289 cm³/mol. The Balaban J connectivity index is 0.000000366. The summed E-state index contributed by atoms with van der Waals surface area (Å²) in [5, 5.41) is 13.8. The summed E-state index contributed by atoms with van der Waals surface area (Å²) in [6, 6.07) is -27.3. The third-order valence-corrected chi connectivity index (χ3v) is 10.4. The number of sulfonamides is 2. The zero-order valence-corrected chi connectivity index (χ0v) is 38.9. The van der Waals surface area contributed by atoms with Gasteiger partial charge in [0.05, 0.1) is 86.3 Å². The average molecular weight is 1160 g/mol. The van der Waals surface area contributed by atoms with Gasteiger partial charge in [-0.1, -0.05) is 89.5 Å². The van der Waals surface area contributed by atoms with Crippen LogP contribution in [0.3, 0.4) is 0 Å². The summed E-state index contributed by atoms with van der Waals surface area (Å²) in [6.45, 7) is -41.5. The monoisotopic (exact) mass is 1160 g/mol. The first kappa shape index (κ1) is 18.8. The molecule has 4 aromatic heterocycles. The van der Waals surface area contributed by atoms with Gasteiger partial charge in [-0.15, -0.1) is 0 Å². The summed E-state index contributed by atoms with van der Waals surface area (Å²) in [5.41, 5.74) is -12.2. The van der Waals surface area contributed by atoms with Crippen molar-refractivity contribution in [2.45, 2.75) is 61.7 Å². The third kappa shape index (κ3) is 14.5. The molecule has 0 aliphatic rings. The molecule has 78 heavy (non-hydrogen) atoms. The quantitative estimate of drug-likeness (QED) is 0.0525. The number of rotatable bonds is 21. The van der Waals surface area contributed by atoms with E-state index in [0.29, 0.717) is 0 Å². The number of hydrogen-bond donors (Lipinski definition) is 4. The molecule has 0 saturated carbocycles. The van der Waals surface area contributed by atoms with Crippen LogP contribution < -0.4 is 37.9 Å². The Morgan fingerprint density at radius 2 is 0.974 bits per heavy atom. The molecule has 0 unspecified atom stereocenters. The molecule has 4 heterocycles. The molecule has 408 valence electrons. The molecule has 0 amide bonds. The molecule has 4 aromatic carbocycles. The smallest absolute Gasteiger partial charge is 0.263 e. The molecule has 0 bridgehead atoms. The Bertz CT molecular complexity index is 6060. The van der Waals surface area contributed by atoms with Crippen molar-refractivity contribution in [3.63, 3.8) is 0 Å². The van der Waals surface area contributed by atoms with E-state index in [1.807, 2.05) is 0 Å². The number of hydrogen-bond acceptors (Lipinski definition) is 20. The highest BCUT2D eigenvalue weighted by atomic mass is 32.2. The molecule has 4 N–H and O–H groups in total. The zero-order valence-electron chi connectivity index (χ0n) is 93.3. The van der Waals surface area contributed by atoms with E-state index >= 15 is 0 Å². The molecule has 0 saturated heterocycles. The number of aliphatic hydroxyl groups is 2. The Kier molecular flexibility index (Phi) is 6.04. The highest BCUT2D eigenvalue weighted by Gasteiger charge is 2.29. The summed E-state index contributed by atoms with van der Waals surface area (Å²) in [6.07, 6.45) is -4.26. The van der Waals surface area contributed by atoms with Crippen molar-refractivity contribution < 1.29 is 131 Å². The van der Waals surface area contributed by atoms with Crippen molar-refractivity contribution >= 4 is 31.7 Å². The number of aromatic nitrogens is 8. The molecule has 22 nitrogen and oxygen atoms in total. The maximum absolute atomic E-state index is 14.6. The van der Waals surface area contributed by atoms with E-state index in [0.717, 1.165) is 0 Å². The first-order valence-electron chi connectivity index (χ1n) is 47.2. The van der Waals surface area contributed by atoms with Crippen molar-refractivity contribution in [1.29, 1.82) is 1.43 Å². The van der Waals surface area contributed by atoms with Crippen molar-refractivity contribution in [2.24, 2.45) is 0 Å². The Hall–Kier alpha value is -8.58. The summed E-state index contributed by atoms with van der Waals surface area (Å²) >= 11 is 0. The van der Waals surface area contributed by atoms with Crippen LogP contribution in [0.5, 0.6) is 46.3 Å². The van der Waals surface area contributed by atoms with Gasteiger partial charge in [-0.25, -0.2) is 46.7 Å².